The first-order valence-electron chi connectivity index (χ1n) is 10.5. The van der Waals surface area contributed by atoms with E-state index in [2.05, 4.69) is 10.2 Å². The number of halogens is 1. The van der Waals surface area contributed by atoms with Crippen LogP contribution >= 0.6 is 0 Å². The number of hydrogen-bond donors (Lipinski definition) is 1. The van der Waals surface area contributed by atoms with Crippen molar-refractivity contribution in [1.29, 1.82) is 0 Å². The monoisotopic (exact) mass is 435 g/mol. The van der Waals surface area contributed by atoms with Gasteiger partial charge in [-0.15, -0.1) is 0 Å². The molecule has 32 heavy (non-hydrogen) atoms. The summed E-state index contributed by atoms with van der Waals surface area (Å²) < 4.78 is 18.5. The van der Waals surface area contributed by atoms with Crippen LogP contribution in [0.3, 0.4) is 0 Å². The summed E-state index contributed by atoms with van der Waals surface area (Å²) in [5, 5.41) is 19.2. The SMILES string of the molecule is CC(=O)N1CCC(n2ncc3cc(F)c(-c4cccc5c4cnn5CC(=O)O)cc32)CC1. The highest BCUT2D eigenvalue weighted by Crippen LogP contribution is 2.34. The van der Waals surface area contributed by atoms with Crippen LogP contribution in [0.5, 0.6) is 0 Å². The first-order chi connectivity index (χ1) is 15.4. The van der Waals surface area contributed by atoms with Crippen molar-refractivity contribution < 1.29 is 19.1 Å². The Morgan fingerprint density at radius 2 is 1.88 bits per heavy atom. The third-order valence-electron chi connectivity index (χ3n) is 6.20. The van der Waals surface area contributed by atoms with E-state index in [-0.39, 0.29) is 24.3 Å². The lowest BCUT2D eigenvalue weighted by atomic mass is 9.99. The molecule has 9 heteroatoms. The fourth-order valence-corrected chi connectivity index (χ4v) is 4.58. The van der Waals surface area contributed by atoms with Crippen molar-refractivity contribution in [3.05, 3.63) is 48.5 Å². The molecule has 0 radical (unpaired) electrons. The number of carboxylic acid groups (broad SMARTS) is 1. The molecule has 1 aliphatic rings. The molecule has 2 aromatic carbocycles. The van der Waals surface area contributed by atoms with Crippen LogP contribution in [0, 0.1) is 5.82 Å². The standard InChI is InChI=1S/C23H22FN5O3/c1-14(30)27-7-5-16(6-8-27)29-22-10-18(20(24)9-15(22)11-26-29)17-3-2-4-21-19(17)12-25-28(21)13-23(31)32/h2-4,9-12,16H,5-8,13H2,1H3,(H,31,32). The van der Waals surface area contributed by atoms with E-state index in [1.165, 1.54) is 10.7 Å². The molecule has 0 saturated carbocycles. The van der Waals surface area contributed by atoms with Gasteiger partial charge < -0.3 is 10.0 Å². The van der Waals surface area contributed by atoms with Crippen LogP contribution in [0.25, 0.3) is 32.9 Å². The number of aliphatic carboxylic acids is 1. The molecule has 0 spiro atoms. The summed E-state index contributed by atoms with van der Waals surface area (Å²) in [6.45, 7) is 2.67. The minimum Gasteiger partial charge on any atom is -0.480 e. The topological polar surface area (TPSA) is 93.3 Å². The van der Waals surface area contributed by atoms with Gasteiger partial charge in [0.25, 0.3) is 0 Å². The number of carbonyl (C=O) groups excluding carboxylic acids is 1. The van der Waals surface area contributed by atoms with E-state index in [0.717, 1.165) is 18.4 Å². The summed E-state index contributed by atoms with van der Waals surface area (Å²) in [7, 11) is 0. The predicted octanol–water partition coefficient (Wildman–Crippen LogP) is 3.46. The van der Waals surface area contributed by atoms with Gasteiger partial charge in [-0.1, -0.05) is 12.1 Å². The van der Waals surface area contributed by atoms with E-state index >= 15 is 4.39 Å². The van der Waals surface area contributed by atoms with E-state index in [4.69, 9.17) is 5.11 Å². The lowest BCUT2D eigenvalue weighted by Crippen LogP contribution is -2.37. The smallest absolute Gasteiger partial charge is 0.325 e. The van der Waals surface area contributed by atoms with Crippen LogP contribution < -0.4 is 0 Å². The summed E-state index contributed by atoms with van der Waals surface area (Å²) in [4.78, 5) is 24.6. The molecule has 0 atom stereocenters. The zero-order chi connectivity index (χ0) is 22.4. The van der Waals surface area contributed by atoms with Gasteiger partial charge in [-0.05, 0) is 36.6 Å². The third kappa shape index (κ3) is 3.39. The van der Waals surface area contributed by atoms with Crippen LogP contribution in [-0.2, 0) is 16.1 Å². The Morgan fingerprint density at radius 1 is 1.09 bits per heavy atom. The van der Waals surface area contributed by atoms with Crippen LogP contribution in [0.2, 0.25) is 0 Å². The highest BCUT2D eigenvalue weighted by atomic mass is 19.1. The number of fused-ring (bicyclic) bond motifs is 2. The second-order valence-corrected chi connectivity index (χ2v) is 8.15. The number of hydrogen-bond acceptors (Lipinski definition) is 4. The molecule has 0 unspecified atom stereocenters. The highest BCUT2D eigenvalue weighted by molar-refractivity contribution is 5.97. The molecule has 1 N–H and O–H groups in total. The Hall–Kier alpha value is -3.75. The number of rotatable bonds is 4. The largest absolute Gasteiger partial charge is 0.480 e. The van der Waals surface area contributed by atoms with Crippen LogP contribution in [0.15, 0.2) is 42.7 Å². The molecule has 1 amide bonds. The summed E-state index contributed by atoms with van der Waals surface area (Å²) in [6, 6.07) is 8.79. The number of nitrogens with zero attached hydrogens (tertiary/aromatic N) is 5. The van der Waals surface area contributed by atoms with Crippen molar-refractivity contribution in [2.45, 2.75) is 32.4 Å². The van der Waals surface area contributed by atoms with Gasteiger partial charge in [-0.3, -0.25) is 19.0 Å². The Bertz CT molecular complexity index is 1350. The van der Waals surface area contributed by atoms with E-state index in [9.17, 15) is 9.59 Å². The maximum Gasteiger partial charge on any atom is 0.325 e. The van der Waals surface area contributed by atoms with Gasteiger partial charge in [0.1, 0.15) is 12.4 Å². The Balaban J connectivity index is 1.57. The van der Waals surface area contributed by atoms with Crippen molar-refractivity contribution in [1.82, 2.24) is 24.5 Å². The molecular weight excluding hydrogens is 413 g/mol. The molecule has 0 aliphatic carbocycles. The van der Waals surface area contributed by atoms with Crippen molar-refractivity contribution in [2.24, 2.45) is 0 Å². The molecule has 2 aromatic heterocycles. The number of aromatic nitrogens is 4. The fraction of sp³-hybridized carbons (Fsp3) is 0.304. The number of carbonyl (C=O) groups is 2. The number of amides is 1. The second-order valence-electron chi connectivity index (χ2n) is 8.15. The van der Waals surface area contributed by atoms with Gasteiger partial charge in [-0.2, -0.15) is 10.2 Å². The number of carboxylic acids is 1. The number of likely N-dealkylation sites (tertiary alicyclic amines) is 1. The molecule has 1 saturated heterocycles. The molecule has 4 aromatic rings. The van der Waals surface area contributed by atoms with E-state index < -0.39 is 5.97 Å². The van der Waals surface area contributed by atoms with Gasteiger partial charge in [0.2, 0.25) is 5.91 Å². The quantitative estimate of drug-likeness (QED) is 0.530. The first-order valence-corrected chi connectivity index (χ1v) is 10.5. The normalized spacial score (nSPS) is 15.0. The predicted molar refractivity (Wildman–Crippen MR) is 117 cm³/mol. The maximum absolute atomic E-state index is 15.1. The lowest BCUT2D eigenvalue weighted by Gasteiger charge is -2.31. The van der Waals surface area contributed by atoms with E-state index in [1.54, 1.807) is 37.5 Å². The fourth-order valence-electron chi connectivity index (χ4n) is 4.58. The molecule has 3 heterocycles. The van der Waals surface area contributed by atoms with Crippen LogP contribution in [0.4, 0.5) is 4.39 Å². The Labute approximate surface area is 182 Å². The van der Waals surface area contributed by atoms with Crippen LogP contribution in [-0.4, -0.2) is 54.5 Å². The minimum absolute atomic E-state index is 0.0784. The third-order valence-corrected chi connectivity index (χ3v) is 6.20. The van der Waals surface area contributed by atoms with Crippen LogP contribution in [0.1, 0.15) is 25.8 Å². The summed E-state index contributed by atoms with van der Waals surface area (Å²) >= 11 is 0. The molecular formula is C23H22FN5O3. The Kier molecular flexibility index (Phi) is 4.88. The highest BCUT2D eigenvalue weighted by Gasteiger charge is 2.24. The van der Waals surface area contributed by atoms with E-state index in [1.807, 2.05) is 15.6 Å². The zero-order valence-electron chi connectivity index (χ0n) is 17.5. The van der Waals surface area contributed by atoms with Gasteiger partial charge in [0.05, 0.1) is 29.5 Å². The Morgan fingerprint density at radius 3 is 2.59 bits per heavy atom. The zero-order valence-corrected chi connectivity index (χ0v) is 17.5. The molecule has 164 valence electrons. The van der Waals surface area contributed by atoms with Crippen molar-refractivity contribution in [3.63, 3.8) is 0 Å². The summed E-state index contributed by atoms with van der Waals surface area (Å²) in [6.07, 6.45) is 4.83. The summed E-state index contributed by atoms with van der Waals surface area (Å²) in [5.41, 5.74) is 2.53. The number of piperidine rings is 1. The summed E-state index contributed by atoms with van der Waals surface area (Å²) in [5.74, 6) is -1.29. The average molecular weight is 435 g/mol. The van der Waals surface area contributed by atoms with E-state index in [0.29, 0.717) is 40.5 Å². The van der Waals surface area contributed by atoms with Gasteiger partial charge in [0.15, 0.2) is 0 Å². The molecule has 8 nitrogen and oxygen atoms in total. The molecule has 0 bridgehead atoms. The number of benzene rings is 2. The average Bonchev–Trinajstić information content (AvgIpc) is 3.37. The van der Waals surface area contributed by atoms with Gasteiger partial charge in [-0.25, -0.2) is 4.39 Å². The van der Waals surface area contributed by atoms with Gasteiger partial charge >= 0.3 is 5.97 Å². The molecule has 5 rings (SSSR count). The second kappa shape index (κ2) is 7.74. The maximum atomic E-state index is 15.1. The minimum atomic E-state index is -0.993. The first kappa shape index (κ1) is 20.2. The van der Waals surface area contributed by atoms with Crippen molar-refractivity contribution in [3.8, 4) is 11.1 Å². The molecule has 1 aliphatic heterocycles. The van der Waals surface area contributed by atoms with Gasteiger partial charge in [0, 0.05) is 36.3 Å². The lowest BCUT2D eigenvalue weighted by molar-refractivity contribution is -0.137. The molecule has 1 fully saturated rings. The van der Waals surface area contributed by atoms with Crippen molar-refractivity contribution >= 4 is 33.7 Å². The van der Waals surface area contributed by atoms with Crippen molar-refractivity contribution in [2.75, 3.05) is 13.1 Å².